The number of benzene rings is 2. The average Bonchev–Trinajstić information content (AvgIpc) is 2.77. The van der Waals surface area contributed by atoms with Crippen LogP contribution in [0.15, 0.2) is 42.5 Å². The van der Waals surface area contributed by atoms with E-state index in [0.29, 0.717) is 29.4 Å². The lowest BCUT2D eigenvalue weighted by atomic mass is 9.83. The molecule has 6 nitrogen and oxygen atoms in total. The van der Waals surface area contributed by atoms with Crippen molar-refractivity contribution in [1.82, 2.24) is 15.5 Å². The molecule has 2 saturated heterocycles. The number of nitrogens with zero attached hydrogens (tertiary/aromatic N) is 3. The first-order chi connectivity index (χ1) is 14.6. The Bertz CT molecular complexity index is 1040. The van der Waals surface area contributed by atoms with Crippen molar-refractivity contribution in [2.75, 3.05) is 19.1 Å². The summed E-state index contributed by atoms with van der Waals surface area (Å²) in [6.45, 7) is 0. The highest BCUT2D eigenvalue weighted by Gasteiger charge is 2.33. The summed E-state index contributed by atoms with van der Waals surface area (Å²) >= 11 is 0. The molecule has 2 bridgehead atoms. The fraction of sp³-hybridized carbons (Fsp3) is 0.417. The molecule has 0 spiro atoms. The van der Waals surface area contributed by atoms with Crippen molar-refractivity contribution in [2.24, 2.45) is 0 Å². The molecule has 0 unspecified atom stereocenters. The van der Waals surface area contributed by atoms with E-state index < -0.39 is 0 Å². The molecular formula is C24H28N4O2. The minimum absolute atomic E-state index is 0.192. The zero-order valence-corrected chi connectivity index (χ0v) is 17.5. The van der Waals surface area contributed by atoms with Crippen LogP contribution in [0.1, 0.15) is 32.1 Å². The Morgan fingerprint density at radius 3 is 2.50 bits per heavy atom. The third kappa shape index (κ3) is 3.56. The van der Waals surface area contributed by atoms with Crippen LogP contribution in [-0.4, -0.2) is 47.6 Å². The van der Waals surface area contributed by atoms with E-state index in [0.717, 1.165) is 35.2 Å². The van der Waals surface area contributed by atoms with E-state index in [1.54, 1.807) is 13.2 Å². The zero-order valence-electron chi connectivity index (χ0n) is 17.5. The molecule has 2 aliphatic heterocycles. The quantitative estimate of drug-likeness (QED) is 0.682. The Hall–Kier alpha value is -2.86. The fourth-order valence-corrected chi connectivity index (χ4v) is 4.99. The van der Waals surface area contributed by atoms with Gasteiger partial charge in [-0.25, -0.2) is 0 Å². The van der Waals surface area contributed by atoms with Gasteiger partial charge in [0, 0.05) is 30.7 Å². The van der Waals surface area contributed by atoms with Crippen LogP contribution in [0, 0.1) is 0 Å². The molecule has 0 aliphatic carbocycles. The lowest BCUT2D eigenvalue weighted by Gasteiger charge is -2.43. The predicted molar refractivity (Wildman–Crippen MR) is 119 cm³/mol. The van der Waals surface area contributed by atoms with Crippen molar-refractivity contribution in [3.05, 3.63) is 42.5 Å². The van der Waals surface area contributed by atoms with Gasteiger partial charge in [-0.15, -0.1) is 10.2 Å². The molecule has 3 aromatic rings. The van der Waals surface area contributed by atoms with Crippen LogP contribution in [0.4, 0.5) is 5.82 Å². The summed E-state index contributed by atoms with van der Waals surface area (Å²) in [6.07, 6.45) is 6.21. The van der Waals surface area contributed by atoms with Gasteiger partial charge < -0.3 is 20.1 Å². The van der Waals surface area contributed by atoms with Gasteiger partial charge in [-0.3, -0.25) is 0 Å². The maximum Gasteiger partial charge on any atom is 0.151 e. The number of phenols is 1. The third-order valence-electron chi connectivity index (χ3n) is 6.69. The van der Waals surface area contributed by atoms with Crippen molar-refractivity contribution in [3.63, 3.8) is 0 Å². The van der Waals surface area contributed by atoms with Crippen LogP contribution in [0.5, 0.6) is 11.5 Å². The summed E-state index contributed by atoms with van der Waals surface area (Å²) in [7, 11) is 3.76. The largest absolute Gasteiger partial charge is 0.507 e. The second kappa shape index (κ2) is 7.76. The standard InChI is InChI=1S/C24H28N4O2/c1-28(19-13-17-4-3-5-18(14-19)25-17)24-9-8-22(26-27-24)21-11-15-6-7-20(30-2)10-16(15)12-23(21)29/h6-12,17-19,25,29H,3-5,13-14H2,1-2H3/t17-,18+,19-. The van der Waals surface area contributed by atoms with Crippen LogP contribution in [-0.2, 0) is 0 Å². The first kappa shape index (κ1) is 19.1. The molecule has 2 aliphatic rings. The average molecular weight is 405 g/mol. The van der Waals surface area contributed by atoms with Gasteiger partial charge in [-0.2, -0.15) is 0 Å². The highest BCUT2D eigenvalue weighted by atomic mass is 16.5. The highest BCUT2D eigenvalue weighted by molar-refractivity contribution is 5.90. The minimum Gasteiger partial charge on any atom is -0.507 e. The van der Waals surface area contributed by atoms with Crippen molar-refractivity contribution in [3.8, 4) is 22.8 Å². The van der Waals surface area contributed by atoms with Crippen LogP contribution in [0.3, 0.4) is 0 Å². The SMILES string of the molecule is COc1ccc2cc(-c3ccc(N(C)[C@@H]4C[C@H]5CCC[C@@H](C4)N5)nn3)c(O)cc2c1. The number of aromatic nitrogens is 2. The van der Waals surface area contributed by atoms with Crippen LogP contribution >= 0.6 is 0 Å². The number of piperidine rings is 2. The van der Waals surface area contributed by atoms with Crippen molar-refractivity contribution >= 4 is 16.6 Å². The molecule has 0 saturated carbocycles. The summed E-state index contributed by atoms with van der Waals surface area (Å²) in [4.78, 5) is 2.27. The number of ether oxygens (including phenoxy) is 1. The van der Waals surface area contributed by atoms with Crippen molar-refractivity contribution in [2.45, 2.75) is 50.2 Å². The molecule has 3 atom stereocenters. The molecule has 3 heterocycles. The number of hydrogen-bond donors (Lipinski definition) is 2. The Morgan fingerprint density at radius 2 is 1.80 bits per heavy atom. The Morgan fingerprint density at radius 1 is 1.00 bits per heavy atom. The third-order valence-corrected chi connectivity index (χ3v) is 6.69. The lowest BCUT2D eigenvalue weighted by molar-refractivity contribution is 0.219. The highest BCUT2D eigenvalue weighted by Crippen LogP contribution is 2.34. The molecule has 156 valence electrons. The van der Waals surface area contributed by atoms with E-state index in [4.69, 9.17) is 4.74 Å². The second-order valence-corrected chi connectivity index (χ2v) is 8.59. The van der Waals surface area contributed by atoms with Crippen molar-refractivity contribution in [1.29, 1.82) is 0 Å². The number of rotatable bonds is 4. The smallest absolute Gasteiger partial charge is 0.151 e. The Labute approximate surface area is 176 Å². The summed E-state index contributed by atoms with van der Waals surface area (Å²) in [5.74, 6) is 1.84. The number of anilines is 1. The van der Waals surface area contributed by atoms with Crippen LogP contribution in [0.25, 0.3) is 22.0 Å². The summed E-state index contributed by atoms with van der Waals surface area (Å²) in [5.41, 5.74) is 1.36. The molecular weight excluding hydrogens is 376 g/mol. The van der Waals surface area contributed by atoms with Gasteiger partial charge in [0.25, 0.3) is 0 Å². The van der Waals surface area contributed by atoms with Crippen LogP contribution < -0.4 is 15.0 Å². The molecule has 2 aromatic carbocycles. The molecule has 30 heavy (non-hydrogen) atoms. The van der Waals surface area contributed by atoms with Gasteiger partial charge in [0.05, 0.1) is 12.8 Å². The van der Waals surface area contributed by atoms with Gasteiger partial charge in [0.2, 0.25) is 0 Å². The number of phenolic OH excluding ortho intramolecular Hbond substituents is 1. The normalized spacial score (nSPS) is 23.3. The predicted octanol–water partition coefficient (Wildman–Crippen LogP) is 4.12. The van der Waals surface area contributed by atoms with Crippen LogP contribution in [0.2, 0.25) is 0 Å². The van der Waals surface area contributed by atoms with E-state index in [9.17, 15) is 5.11 Å². The van der Waals surface area contributed by atoms with E-state index in [1.165, 1.54) is 19.3 Å². The van der Waals surface area contributed by atoms with Gasteiger partial charge in [-0.05, 0) is 72.9 Å². The number of aromatic hydroxyl groups is 1. The van der Waals surface area contributed by atoms with E-state index in [2.05, 4.69) is 27.5 Å². The van der Waals surface area contributed by atoms with E-state index in [1.807, 2.05) is 36.4 Å². The molecule has 2 fully saturated rings. The number of fused-ring (bicyclic) bond motifs is 3. The minimum atomic E-state index is 0.192. The van der Waals surface area contributed by atoms with Gasteiger partial charge in [0.1, 0.15) is 11.5 Å². The van der Waals surface area contributed by atoms with E-state index in [-0.39, 0.29) is 5.75 Å². The summed E-state index contributed by atoms with van der Waals surface area (Å²) < 4.78 is 5.27. The zero-order chi connectivity index (χ0) is 20.7. The fourth-order valence-electron chi connectivity index (χ4n) is 4.99. The topological polar surface area (TPSA) is 70.5 Å². The monoisotopic (exact) mass is 404 g/mol. The Balaban J connectivity index is 1.38. The van der Waals surface area contributed by atoms with Crippen molar-refractivity contribution < 1.29 is 9.84 Å². The number of methoxy groups -OCH3 is 1. The number of nitrogens with one attached hydrogen (secondary N) is 1. The molecule has 5 rings (SSSR count). The molecule has 6 heteroatoms. The maximum absolute atomic E-state index is 10.6. The first-order valence-corrected chi connectivity index (χ1v) is 10.7. The van der Waals surface area contributed by atoms with Gasteiger partial charge in [-0.1, -0.05) is 12.5 Å². The molecule has 1 aromatic heterocycles. The Kier molecular flexibility index (Phi) is 4.95. The van der Waals surface area contributed by atoms with Gasteiger partial charge >= 0.3 is 0 Å². The van der Waals surface area contributed by atoms with Gasteiger partial charge in [0.15, 0.2) is 5.82 Å². The molecule has 2 N–H and O–H groups in total. The molecule has 0 radical (unpaired) electrons. The second-order valence-electron chi connectivity index (χ2n) is 8.59. The number of hydrogen-bond acceptors (Lipinski definition) is 6. The maximum atomic E-state index is 10.6. The lowest BCUT2D eigenvalue weighted by Crippen LogP contribution is -2.54. The summed E-state index contributed by atoms with van der Waals surface area (Å²) in [6, 6.07) is 15.2. The first-order valence-electron chi connectivity index (χ1n) is 10.7. The summed E-state index contributed by atoms with van der Waals surface area (Å²) in [5, 5.41) is 25.2. The van der Waals surface area contributed by atoms with E-state index >= 15 is 0 Å². The molecule has 0 amide bonds.